The molecule has 1 aliphatic carbocycles. The average molecular weight is 338 g/mol. The van der Waals surface area contributed by atoms with Crippen LogP contribution in [-0.4, -0.2) is 25.0 Å². The molecule has 0 unspecified atom stereocenters. The lowest BCUT2D eigenvalue weighted by Gasteiger charge is -2.12. The standard InChI is InChI=1S/C15H20BrN3O/c16-13-4-3-10-6-12(7-11(10)8-13)15(20)19-9-14(18)2-1-5-17/h3-4,7-8,14H,1-2,5-6,9,17-18H2,(H,19,20)/t14-/m0/s1. The molecule has 5 heteroatoms. The molecule has 0 aromatic heterocycles. The highest BCUT2D eigenvalue weighted by atomic mass is 79.9. The van der Waals surface area contributed by atoms with Crippen LogP contribution in [-0.2, 0) is 11.2 Å². The van der Waals surface area contributed by atoms with Crippen molar-refractivity contribution in [1.82, 2.24) is 5.32 Å². The van der Waals surface area contributed by atoms with Gasteiger partial charge in [0.2, 0.25) is 5.91 Å². The Morgan fingerprint density at radius 1 is 1.45 bits per heavy atom. The molecule has 108 valence electrons. The van der Waals surface area contributed by atoms with Crippen LogP contribution in [0, 0.1) is 0 Å². The number of carbonyl (C=O) groups is 1. The van der Waals surface area contributed by atoms with E-state index in [1.807, 2.05) is 24.3 Å². The first-order valence-corrected chi connectivity index (χ1v) is 7.62. The van der Waals surface area contributed by atoms with Gasteiger partial charge in [0.1, 0.15) is 0 Å². The fraction of sp³-hybridized carbons (Fsp3) is 0.400. The largest absolute Gasteiger partial charge is 0.351 e. The minimum Gasteiger partial charge on any atom is -0.351 e. The van der Waals surface area contributed by atoms with Gasteiger partial charge in [-0.1, -0.05) is 22.0 Å². The Morgan fingerprint density at radius 3 is 3.00 bits per heavy atom. The van der Waals surface area contributed by atoms with E-state index in [1.165, 1.54) is 5.56 Å². The first-order chi connectivity index (χ1) is 9.60. The molecule has 5 N–H and O–H groups in total. The van der Waals surface area contributed by atoms with Gasteiger partial charge in [-0.2, -0.15) is 0 Å². The summed E-state index contributed by atoms with van der Waals surface area (Å²) in [5.41, 5.74) is 14.4. The van der Waals surface area contributed by atoms with Crippen LogP contribution in [0.2, 0.25) is 0 Å². The molecule has 0 saturated carbocycles. The van der Waals surface area contributed by atoms with Crippen molar-refractivity contribution >= 4 is 27.9 Å². The summed E-state index contributed by atoms with van der Waals surface area (Å²) >= 11 is 3.44. The van der Waals surface area contributed by atoms with Crippen LogP contribution < -0.4 is 16.8 Å². The zero-order valence-electron chi connectivity index (χ0n) is 11.4. The van der Waals surface area contributed by atoms with Gasteiger partial charge in [0.05, 0.1) is 0 Å². The second-order valence-electron chi connectivity index (χ2n) is 5.09. The Bertz CT molecular complexity index is 528. The highest BCUT2D eigenvalue weighted by Gasteiger charge is 2.18. The van der Waals surface area contributed by atoms with Crippen molar-refractivity contribution < 1.29 is 4.79 Å². The maximum Gasteiger partial charge on any atom is 0.247 e. The summed E-state index contributed by atoms with van der Waals surface area (Å²) in [6.45, 7) is 1.13. The number of carbonyl (C=O) groups excluding carboxylic acids is 1. The monoisotopic (exact) mass is 337 g/mol. The molecule has 1 aliphatic rings. The van der Waals surface area contributed by atoms with E-state index in [0.717, 1.165) is 28.5 Å². The van der Waals surface area contributed by atoms with Crippen LogP contribution in [0.4, 0.5) is 0 Å². The van der Waals surface area contributed by atoms with Gasteiger partial charge in [0, 0.05) is 29.1 Å². The highest BCUT2D eigenvalue weighted by molar-refractivity contribution is 9.10. The quantitative estimate of drug-likeness (QED) is 0.736. The summed E-state index contributed by atoms with van der Waals surface area (Å²) in [4.78, 5) is 12.1. The van der Waals surface area contributed by atoms with Gasteiger partial charge in [0.15, 0.2) is 0 Å². The third kappa shape index (κ3) is 3.91. The minimum absolute atomic E-state index is 0.0268. The van der Waals surface area contributed by atoms with E-state index in [-0.39, 0.29) is 11.9 Å². The normalized spacial score (nSPS) is 14.7. The number of hydrogen-bond acceptors (Lipinski definition) is 3. The first-order valence-electron chi connectivity index (χ1n) is 6.83. The predicted octanol–water partition coefficient (Wildman–Crippen LogP) is 1.57. The van der Waals surface area contributed by atoms with Crippen molar-refractivity contribution in [3.63, 3.8) is 0 Å². The van der Waals surface area contributed by atoms with E-state index in [1.54, 1.807) is 0 Å². The minimum atomic E-state index is -0.0273. The summed E-state index contributed by atoms with van der Waals surface area (Å²) in [6.07, 6.45) is 4.36. The molecule has 0 aliphatic heterocycles. The van der Waals surface area contributed by atoms with Crippen LogP contribution >= 0.6 is 15.9 Å². The molecule has 2 rings (SSSR count). The fourth-order valence-corrected chi connectivity index (χ4v) is 2.65. The molecule has 4 nitrogen and oxygen atoms in total. The maximum atomic E-state index is 12.1. The van der Waals surface area contributed by atoms with E-state index in [9.17, 15) is 4.79 Å². The van der Waals surface area contributed by atoms with Gasteiger partial charge in [-0.25, -0.2) is 0 Å². The van der Waals surface area contributed by atoms with Gasteiger partial charge in [-0.05, 0) is 48.7 Å². The molecule has 1 aromatic carbocycles. The van der Waals surface area contributed by atoms with Crippen LogP contribution in [0.15, 0.2) is 28.2 Å². The second kappa shape index (κ2) is 7.02. The van der Waals surface area contributed by atoms with E-state index in [4.69, 9.17) is 11.5 Å². The second-order valence-corrected chi connectivity index (χ2v) is 6.01. The predicted molar refractivity (Wildman–Crippen MR) is 85.1 cm³/mol. The number of halogens is 1. The topological polar surface area (TPSA) is 81.1 Å². The SMILES string of the molecule is NCCC[C@H](N)CNC(=O)C1=Cc2cc(Br)ccc2C1. The molecule has 0 saturated heterocycles. The number of hydrogen-bond donors (Lipinski definition) is 3. The third-order valence-electron chi connectivity index (χ3n) is 3.41. The summed E-state index contributed by atoms with van der Waals surface area (Å²) in [6, 6.07) is 6.04. The van der Waals surface area contributed by atoms with Crippen LogP contribution in [0.5, 0.6) is 0 Å². The zero-order valence-corrected chi connectivity index (χ0v) is 12.9. The van der Waals surface area contributed by atoms with Gasteiger partial charge >= 0.3 is 0 Å². The smallest absolute Gasteiger partial charge is 0.247 e. The maximum absolute atomic E-state index is 12.1. The average Bonchev–Trinajstić information content (AvgIpc) is 2.85. The van der Waals surface area contributed by atoms with Gasteiger partial charge in [-0.3, -0.25) is 4.79 Å². The van der Waals surface area contributed by atoms with Gasteiger partial charge in [-0.15, -0.1) is 0 Å². The van der Waals surface area contributed by atoms with Crippen molar-refractivity contribution in [3.8, 4) is 0 Å². The van der Waals surface area contributed by atoms with Crippen molar-refractivity contribution in [3.05, 3.63) is 39.4 Å². The van der Waals surface area contributed by atoms with Gasteiger partial charge in [0.25, 0.3) is 0 Å². The van der Waals surface area contributed by atoms with E-state index in [0.29, 0.717) is 19.5 Å². The molecular formula is C15H20BrN3O. The lowest BCUT2D eigenvalue weighted by atomic mass is 10.1. The Morgan fingerprint density at radius 2 is 2.25 bits per heavy atom. The number of amides is 1. The summed E-state index contributed by atoms with van der Waals surface area (Å²) < 4.78 is 1.03. The summed E-state index contributed by atoms with van der Waals surface area (Å²) in [5, 5.41) is 2.90. The lowest BCUT2D eigenvalue weighted by Crippen LogP contribution is -2.38. The van der Waals surface area contributed by atoms with E-state index >= 15 is 0 Å². The molecule has 0 bridgehead atoms. The zero-order chi connectivity index (χ0) is 14.5. The van der Waals surface area contributed by atoms with E-state index in [2.05, 4.69) is 21.2 Å². The molecule has 20 heavy (non-hydrogen) atoms. The molecule has 1 atom stereocenters. The molecule has 1 aromatic rings. The Labute approximate surface area is 127 Å². The number of fused-ring (bicyclic) bond motifs is 1. The third-order valence-corrected chi connectivity index (χ3v) is 3.91. The molecule has 0 spiro atoms. The molecule has 0 fully saturated rings. The molecular weight excluding hydrogens is 318 g/mol. The Hall–Kier alpha value is -1.17. The molecule has 1 amide bonds. The summed E-state index contributed by atoms with van der Waals surface area (Å²) in [7, 11) is 0. The number of nitrogens with two attached hydrogens (primary N) is 2. The van der Waals surface area contributed by atoms with Crippen molar-refractivity contribution in [2.75, 3.05) is 13.1 Å². The Kier molecular flexibility index (Phi) is 5.34. The number of rotatable bonds is 6. The van der Waals surface area contributed by atoms with Crippen LogP contribution in [0.1, 0.15) is 24.0 Å². The molecule has 0 heterocycles. The van der Waals surface area contributed by atoms with Crippen molar-refractivity contribution in [2.45, 2.75) is 25.3 Å². The highest BCUT2D eigenvalue weighted by Crippen LogP contribution is 2.27. The van der Waals surface area contributed by atoms with Gasteiger partial charge < -0.3 is 16.8 Å². The molecule has 0 radical (unpaired) electrons. The van der Waals surface area contributed by atoms with E-state index < -0.39 is 0 Å². The van der Waals surface area contributed by atoms with Crippen LogP contribution in [0.25, 0.3) is 6.08 Å². The fourth-order valence-electron chi connectivity index (χ4n) is 2.27. The van der Waals surface area contributed by atoms with Crippen molar-refractivity contribution in [2.24, 2.45) is 11.5 Å². The number of benzene rings is 1. The summed E-state index contributed by atoms with van der Waals surface area (Å²) in [5.74, 6) is -0.0273. The number of nitrogens with one attached hydrogen (secondary N) is 1. The Balaban J connectivity index is 1.87. The lowest BCUT2D eigenvalue weighted by molar-refractivity contribution is -0.117. The van der Waals surface area contributed by atoms with Crippen LogP contribution in [0.3, 0.4) is 0 Å². The van der Waals surface area contributed by atoms with Crippen molar-refractivity contribution in [1.29, 1.82) is 0 Å². The first kappa shape index (κ1) is 15.2.